The molecule has 2 rings (SSSR count). The summed E-state index contributed by atoms with van der Waals surface area (Å²) in [5.74, 6) is -0.603. The Labute approximate surface area is 148 Å². The van der Waals surface area contributed by atoms with E-state index in [4.69, 9.17) is 5.73 Å². The lowest BCUT2D eigenvalue weighted by Crippen LogP contribution is -2.46. The number of benzene rings is 1. The largest absolute Gasteiger partial charge is 0.370 e. The van der Waals surface area contributed by atoms with Crippen LogP contribution in [0.25, 0.3) is 0 Å². The van der Waals surface area contributed by atoms with Crippen molar-refractivity contribution in [2.45, 2.75) is 45.2 Å². The van der Waals surface area contributed by atoms with Crippen molar-refractivity contribution < 1.29 is 14.4 Å². The van der Waals surface area contributed by atoms with E-state index in [9.17, 15) is 14.4 Å². The third kappa shape index (κ3) is 5.98. The lowest BCUT2D eigenvalue weighted by atomic mass is 9.99. The molecule has 6 heteroatoms. The molecule has 6 nitrogen and oxygen atoms in total. The van der Waals surface area contributed by atoms with Gasteiger partial charge in [-0.05, 0) is 30.9 Å². The zero-order valence-corrected chi connectivity index (χ0v) is 14.7. The van der Waals surface area contributed by atoms with Crippen molar-refractivity contribution in [2.75, 3.05) is 13.1 Å². The van der Waals surface area contributed by atoms with Gasteiger partial charge in [0, 0.05) is 19.4 Å². The number of rotatable bonds is 7. The molecule has 1 aromatic carbocycles. The van der Waals surface area contributed by atoms with Crippen LogP contribution in [0.3, 0.4) is 0 Å². The summed E-state index contributed by atoms with van der Waals surface area (Å²) in [6.45, 7) is 3.31. The lowest BCUT2D eigenvalue weighted by Gasteiger charge is -2.31. The molecule has 136 valence electrons. The van der Waals surface area contributed by atoms with Gasteiger partial charge >= 0.3 is 0 Å². The highest BCUT2D eigenvalue weighted by Crippen LogP contribution is 2.19. The number of carbonyl (C=O) groups is 3. The minimum Gasteiger partial charge on any atom is -0.370 e. The van der Waals surface area contributed by atoms with E-state index in [2.05, 4.69) is 5.32 Å². The first-order chi connectivity index (χ1) is 12.0. The molecule has 1 aliphatic heterocycles. The van der Waals surface area contributed by atoms with Crippen molar-refractivity contribution in [3.63, 3.8) is 0 Å². The molecule has 0 spiro atoms. The Morgan fingerprint density at radius 1 is 1.28 bits per heavy atom. The SMILES string of the molecule is C[C@@H](CC(N)=O)CC(=O)N(Cc1ccccc1)C1CCCNCC1=O. The topological polar surface area (TPSA) is 92.5 Å². The second kappa shape index (κ2) is 9.32. The fraction of sp³-hybridized carbons (Fsp3) is 0.526. The number of carbonyl (C=O) groups excluding carboxylic acids is 3. The number of amides is 2. The summed E-state index contributed by atoms with van der Waals surface area (Å²) < 4.78 is 0. The fourth-order valence-corrected chi connectivity index (χ4v) is 3.22. The van der Waals surface area contributed by atoms with Crippen molar-refractivity contribution >= 4 is 17.6 Å². The summed E-state index contributed by atoms with van der Waals surface area (Å²) in [7, 11) is 0. The molecule has 1 aliphatic rings. The maximum Gasteiger partial charge on any atom is 0.223 e. The van der Waals surface area contributed by atoms with Crippen LogP contribution in [-0.2, 0) is 20.9 Å². The Kier molecular flexibility index (Phi) is 7.13. The van der Waals surface area contributed by atoms with Crippen LogP contribution in [0, 0.1) is 5.92 Å². The van der Waals surface area contributed by atoms with Crippen LogP contribution in [0.2, 0.25) is 0 Å². The molecular formula is C19H27N3O3. The Balaban J connectivity index is 2.16. The van der Waals surface area contributed by atoms with Crippen LogP contribution < -0.4 is 11.1 Å². The van der Waals surface area contributed by atoms with Gasteiger partial charge in [0.05, 0.1) is 12.6 Å². The first-order valence-electron chi connectivity index (χ1n) is 8.82. The summed E-state index contributed by atoms with van der Waals surface area (Å²) in [6, 6.07) is 9.25. The smallest absolute Gasteiger partial charge is 0.223 e. The number of hydrogen-bond donors (Lipinski definition) is 2. The molecule has 2 atom stereocenters. The molecule has 0 aliphatic carbocycles. The maximum atomic E-state index is 12.9. The van der Waals surface area contributed by atoms with E-state index in [0.29, 0.717) is 19.5 Å². The first kappa shape index (κ1) is 19.1. The molecule has 1 heterocycles. The van der Waals surface area contributed by atoms with Gasteiger partial charge in [0.1, 0.15) is 0 Å². The van der Waals surface area contributed by atoms with Crippen LogP contribution in [0.1, 0.15) is 38.2 Å². The second-order valence-corrected chi connectivity index (χ2v) is 6.79. The van der Waals surface area contributed by atoms with E-state index < -0.39 is 11.9 Å². The Bertz CT molecular complexity index is 603. The minimum atomic E-state index is -0.413. The van der Waals surface area contributed by atoms with Gasteiger partial charge in [-0.1, -0.05) is 37.3 Å². The highest BCUT2D eigenvalue weighted by atomic mass is 16.2. The van der Waals surface area contributed by atoms with Crippen molar-refractivity contribution in [2.24, 2.45) is 11.7 Å². The van der Waals surface area contributed by atoms with Crippen molar-refractivity contribution in [3.05, 3.63) is 35.9 Å². The van der Waals surface area contributed by atoms with Crippen molar-refractivity contribution in [3.8, 4) is 0 Å². The summed E-state index contributed by atoms with van der Waals surface area (Å²) in [5, 5.41) is 3.10. The van der Waals surface area contributed by atoms with Crippen LogP contribution >= 0.6 is 0 Å². The molecule has 1 unspecified atom stereocenters. The van der Waals surface area contributed by atoms with Crippen LogP contribution in [0.4, 0.5) is 0 Å². The van der Waals surface area contributed by atoms with Gasteiger partial charge in [0.2, 0.25) is 11.8 Å². The molecule has 2 amide bonds. The third-order valence-electron chi connectivity index (χ3n) is 4.47. The number of Topliss-reactive ketones (excluding diaryl/α,β-unsaturated/α-hetero) is 1. The average Bonchev–Trinajstić information content (AvgIpc) is 2.77. The lowest BCUT2D eigenvalue weighted by molar-refractivity contribution is -0.141. The highest BCUT2D eigenvalue weighted by Gasteiger charge is 2.31. The molecule has 1 fully saturated rings. The van der Waals surface area contributed by atoms with Crippen molar-refractivity contribution in [1.29, 1.82) is 0 Å². The van der Waals surface area contributed by atoms with Gasteiger partial charge in [-0.25, -0.2) is 0 Å². The van der Waals surface area contributed by atoms with E-state index in [1.807, 2.05) is 37.3 Å². The van der Waals surface area contributed by atoms with Gasteiger partial charge in [0.25, 0.3) is 0 Å². The van der Waals surface area contributed by atoms with Gasteiger partial charge in [-0.15, -0.1) is 0 Å². The van der Waals surface area contributed by atoms with E-state index in [0.717, 1.165) is 18.5 Å². The second-order valence-electron chi connectivity index (χ2n) is 6.79. The summed E-state index contributed by atoms with van der Waals surface area (Å²) in [6.07, 6.45) is 1.90. The van der Waals surface area contributed by atoms with E-state index in [1.165, 1.54) is 0 Å². The zero-order valence-electron chi connectivity index (χ0n) is 14.7. The molecule has 25 heavy (non-hydrogen) atoms. The quantitative estimate of drug-likeness (QED) is 0.777. The molecule has 0 saturated carbocycles. The van der Waals surface area contributed by atoms with E-state index >= 15 is 0 Å². The molecule has 0 radical (unpaired) electrons. The van der Waals surface area contributed by atoms with E-state index in [-0.39, 0.29) is 30.4 Å². The minimum absolute atomic E-state index is 0.0457. The normalized spacial score (nSPS) is 19.1. The Morgan fingerprint density at radius 3 is 2.68 bits per heavy atom. The van der Waals surface area contributed by atoms with Gasteiger partial charge in [-0.3, -0.25) is 14.4 Å². The van der Waals surface area contributed by atoms with Crippen LogP contribution in [0.5, 0.6) is 0 Å². The van der Waals surface area contributed by atoms with Crippen LogP contribution in [-0.4, -0.2) is 41.6 Å². The zero-order chi connectivity index (χ0) is 18.2. The summed E-state index contributed by atoms with van der Waals surface area (Å²) >= 11 is 0. The predicted octanol–water partition coefficient (Wildman–Crippen LogP) is 1.24. The molecule has 0 bridgehead atoms. The Hall–Kier alpha value is -2.21. The maximum absolute atomic E-state index is 12.9. The standard InChI is InChI=1S/C19H27N3O3/c1-14(10-18(20)24)11-19(25)22(13-15-6-3-2-4-7-15)16-8-5-9-21-12-17(16)23/h2-4,6-7,14,16,21H,5,8-13H2,1H3,(H2,20,24)/t14-,16?/m0/s1. The van der Waals surface area contributed by atoms with Gasteiger partial charge < -0.3 is 16.0 Å². The predicted molar refractivity (Wildman–Crippen MR) is 95.5 cm³/mol. The average molecular weight is 345 g/mol. The summed E-state index contributed by atoms with van der Waals surface area (Å²) in [4.78, 5) is 38.2. The number of ketones is 1. The van der Waals surface area contributed by atoms with Crippen LogP contribution in [0.15, 0.2) is 30.3 Å². The number of nitrogens with one attached hydrogen (secondary N) is 1. The number of nitrogens with zero attached hydrogens (tertiary/aromatic N) is 1. The fourth-order valence-electron chi connectivity index (χ4n) is 3.22. The van der Waals surface area contributed by atoms with Crippen molar-refractivity contribution in [1.82, 2.24) is 10.2 Å². The summed E-state index contributed by atoms with van der Waals surface area (Å²) in [5.41, 5.74) is 6.22. The molecule has 1 saturated heterocycles. The molecular weight excluding hydrogens is 318 g/mol. The van der Waals surface area contributed by atoms with E-state index in [1.54, 1.807) is 4.90 Å². The van der Waals surface area contributed by atoms with Gasteiger partial charge in [-0.2, -0.15) is 0 Å². The highest BCUT2D eigenvalue weighted by molar-refractivity contribution is 5.90. The third-order valence-corrected chi connectivity index (χ3v) is 4.47. The molecule has 1 aromatic rings. The number of nitrogens with two attached hydrogens (primary N) is 1. The Morgan fingerprint density at radius 2 is 2.00 bits per heavy atom. The monoisotopic (exact) mass is 345 g/mol. The molecule has 0 aromatic heterocycles. The number of primary amides is 1. The van der Waals surface area contributed by atoms with Gasteiger partial charge in [0.15, 0.2) is 5.78 Å². The number of hydrogen-bond acceptors (Lipinski definition) is 4. The first-order valence-corrected chi connectivity index (χ1v) is 8.82. The molecule has 3 N–H and O–H groups in total.